The van der Waals surface area contributed by atoms with E-state index in [1.165, 1.54) is 0 Å². The van der Waals surface area contributed by atoms with Crippen molar-refractivity contribution < 1.29 is 28.7 Å². The first-order valence-electron chi connectivity index (χ1n) is 15.9. The van der Waals surface area contributed by atoms with Gasteiger partial charge in [0.05, 0.1) is 25.9 Å². The van der Waals surface area contributed by atoms with E-state index >= 15 is 0 Å². The van der Waals surface area contributed by atoms with Crippen molar-refractivity contribution in [3.8, 4) is 5.75 Å². The topological polar surface area (TPSA) is 117 Å². The molecule has 2 bridgehead atoms. The fourth-order valence-electron chi connectivity index (χ4n) is 6.14. The third-order valence-corrected chi connectivity index (χ3v) is 8.95. The van der Waals surface area contributed by atoms with Crippen LogP contribution in [0.2, 0.25) is 0 Å². The summed E-state index contributed by atoms with van der Waals surface area (Å²) in [5.41, 5.74) is 0.930. The number of morpholine rings is 1. The highest BCUT2D eigenvalue weighted by atomic mass is 16.5. The van der Waals surface area contributed by atoms with Crippen LogP contribution < -0.4 is 15.4 Å². The molecule has 42 heavy (non-hydrogen) atoms. The molecule has 10 heteroatoms. The predicted molar refractivity (Wildman–Crippen MR) is 157 cm³/mol. The molecule has 1 aliphatic carbocycles. The van der Waals surface area contributed by atoms with Gasteiger partial charge in [-0.2, -0.15) is 0 Å². The minimum atomic E-state index is -0.663. The molecule has 1 saturated carbocycles. The van der Waals surface area contributed by atoms with Crippen LogP contribution in [-0.4, -0.2) is 97.9 Å². The van der Waals surface area contributed by atoms with E-state index in [1.807, 2.05) is 24.3 Å². The van der Waals surface area contributed by atoms with Gasteiger partial charge in [0.1, 0.15) is 11.8 Å². The number of hydrogen-bond acceptors (Lipinski definition) is 7. The zero-order valence-electron chi connectivity index (χ0n) is 24.7. The van der Waals surface area contributed by atoms with E-state index in [9.17, 15) is 19.2 Å². The Balaban J connectivity index is 1.38. The fourth-order valence-corrected chi connectivity index (χ4v) is 6.14. The number of carbonyl (C=O) groups excluding carboxylic acids is 4. The molecule has 2 N–H and O–H groups in total. The molecule has 3 atom stereocenters. The van der Waals surface area contributed by atoms with E-state index in [2.05, 4.69) is 15.5 Å². The van der Waals surface area contributed by atoms with E-state index in [-0.39, 0.29) is 29.9 Å². The maximum atomic E-state index is 14.0. The lowest BCUT2D eigenvalue weighted by Crippen LogP contribution is -2.50. The van der Waals surface area contributed by atoms with Gasteiger partial charge in [-0.1, -0.05) is 12.1 Å². The molecular weight excluding hydrogens is 536 g/mol. The molecule has 0 aromatic heterocycles. The number of carbonyl (C=O) groups is 4. The molecule has 3 aliphatic heterocycles. The standard InChI is InChI=1S/C32H46N4O6/c37-29-21-25(11-13-35-14-17-41-18-15-35)31(39)34-27(32(40)33-22-23-9-10-23)7-1-2-16-42-26-6-3-5-24(19-26)20-28(29)36-12-4-8-30(36)38/h3,5-6,19,23,25,27-28H,1-2,4,7-18,20-22H2,(H,33,40)(H,34,39)/t25-,27+,28+/m1/s1. The van der Waals surface area contributed by atoms with Gasteiger partial charge in [-0.3, -0.25) is 24.1 Å². The summed E-state index contributed by atoms with van der Waals surface area (Å²) in [6.45, 7) is 5.22. The molecule has 10 nitrogen and oxygen atoms in total. The third kappa shape index (κ3) is 8.77. The van der Waals surface area contributed by atoms with E-state index in [4.69, 9.17) is 9.47 Å². The summed E-state index contributed by atoms with van der Waals surface area (Å²) in [5, 5.41) is 6.06. The Morgan fingerprint density at radius 3 is 2.57 bits per heavy atom. The average Bonchev–Trinajstić information content (AvgIpc) is 3.74. The second-order valence-electron chi connectivity index (χ2n) is 12.3. The molecule has 1 aromatic rings. The van der Waals surface area contributed by atoms with Crippen LogP contribution in [0.3, 0.4) is 0 Å². The van der Waals surface area contributed by atoms with Gasteiger partial charge < -0.3 is 25.0 Å². The maximum absolute atomic E-state index is 14.0. The molecule has 3 heterocycles. The van der Waals surface area contributed by atoms with Gasteiger partial charge in [0.25, 0.3) is 0 Å². The Kier molecular flexibility index (Phi) is 10.9. The highest BCUT2D eigenvalue weighted by Crippen LogP contribution is 2.28. The average molecular weight is 583 g/mol. The van der Waals surface area contributed by atoms with E-state index in [0.717, 1.165) is 56.5 Å². The molecule has 5 rings (SSSR count). The summed E-state index contributed by atoms with van der Waals surface area (Å²) in [7, 11) is 0. The number of amides is 3. The van der Waals surface area contributed by atoms with Crippen LogP contribution in [0.25, 0.3) is 0 Å². The fraction of sp³-hybridized carbons (Fsp3) is 0.688. The van der Waals surface area contributed by atoms with E-state index in [0.29, 0.717) is 71.1 Å². The van der Waals surface area contributed by atoms with Crippen LogP contribution >= 0.6 is 0 Å². The van der Waals surface area contributed by atoms with E-state index < -0.39 is 18.0 Å². The van der Waals surface area contributed by atoms with Crippen LogP contribution in [0.5, 0.6) is 5.75 Å². The summed E-state index contributed by atoms with van der Waals surface area (Å²) >= 11 is 0. The number of benzene rings is 1. The monoisotopic (exact) mass is 582 g/mol. The van der Waals surface area contributed by atoms with Crippen molar-refractivity contribution in [3.63, 3.8) is 0 Å². The number of Topliss-reactive ketones (excluding diaryl/α,β-unsaturated/α-hetero) is 1. The normalized spacial score (nSPS) is 26.9. The zero-order chi connectivity index (χ0) is 29.3. The Morgan fingerprint density at radius 1 is 0.976 bits per heavy atom. The largest absolute Gasteiger partial charge is 0.494 e. The minimum absolute atomic E-state index is 0.0168. The predicted octanol–water partition coefficient (Wildman–Crippen LogP) is 2.09. The first kappa shape index (κ1) is 30.5. The Bertz CT molecular complexity index is 1100. The van der Waals surface area contributed by atoms with Crippen molar-refractivity contribution in [2.24, 2.45) is 11.8 Å². The smallest absolute Gasteiger partial charge is 0.242 e. The second kappa shape index (κ2) is 15.0. The molecule has 0 spiro atoms. The van der Waals surface area contributed by atoms with E-state index in [1.54, 1.807) is 4.90 Å². The maximum Gasteiger partial charge on any atom is 0.242 e. The number of rotatable bonds is 7. The van der Waals surface area contributed by atoms with Crippen LogP contribution in [-0.2, 0) is 30.3 Å². The van der Waals surface area contributed by atoms with Crippen LogP contribution in [0.1, 0.15) is 63.4 Å². The van der Waals surface area contributed by atoms with Crippen molar-refractivity contribution in [1.82, 2.24) is 20.4 Å². The highest BCUT2D eigenvalue weighted by molar-refractivity contribution is 5.94. The summed E-state index contributed by atoms with van der Waals surface area (Å²) in [6, 6.07) is 6.43. The second-order valence-corrected chi connectivity index (χ2v) is 12.3. The molecule has 2 saturated heterocycles. The van der Waals surface area contributed by atoms with Crippen LogP contribution in [0, 0.1) is 11.8 Å². The SMILES string of the molecule is O=C1N[C@H](C(=O)NCC2CC2)CCCCOc2cccc(c2)C[C@H](N2CCCC2=O)C(=O)C[C@H]1CCN1CCOCC1. The number of ketones is 1. The molecule has 1 aromatic carbocycles. The molecule has 0 radical (unpaired) electrons. The van der Waals surface area contributed by atoms with Crippen molar-refractivity contribution in [3.05, 3.63) is 29.8 Å². The van der Waals surface area contributed by atoms with Gasteiger partial charge in [0, 0.05) is 51.4 Å². The first-order valence-corrected chi connectivity index (χ1v) is 15.9. The Labute approximate surface area is 248 Å². The van der Waals surface area contributed by atoms with Crippen LogP contribution in [0.4, 0.5) is 0 Å². The summed E-state index contributed by atoms with van der Waals surface area (Å²) in [4.78, 5) is 57.8. The molecule has 0 unspecified atom stereocenters. The van der Waals surface area contributed by atoms with Gasteiger partial charge in [0.15, 0.2) is 5.78 Å². The van der Waals surface area contributed by atoms with Crippen molar-refractivity contribution in [1.29, 1.82) is 0 Å². The lowest BCUT2D eigenvalue weighted by molar-refractivity contribution is -0.138. The first-order chi connectivity index (χ1) is 20.5. The molecule has 230 valence electrons. The van der Waals surface area contributed by atoms with Crippen LogP contribution in [0.15, 0.2) is 24.3 Å². The third-order valence-electron chi connectivity index (χ3n) is 8.95. The number of hydrogen-bond donors (Lipinski definition) is 2. The number of fused-ring (bicyclic) bond motifs is 2. The van der Waals surface area contributed by atoms with Gasteiger partial charge in [0.2, 0.25) is 17.7 Å². The number of nitrogens with one attached hydrogen (secondary N) is 2. The van der Waals surface area contributed by atoms with Crippen molar-refractivity contribution >= 4 is 23.5 Å². The van der Waals surface area contributed by atoms with Gasteiger partial charge in [-0.05, 0) is 75.1 Å². The quantitative estimate of drug-likeness (QED) is 0.506. The van der Waals surface area contributed by atoms with Gasteiger partial charge >= 0.3 is 0 Å². The Morgan fingerprint density at radius 2 is 1.81 bits per heavy atom. The number of likely N-dealkylation sites (tertiary alicyclic amines) is 1. The number of nitrogens with zero attached hydrogens (tertiary/aromatic N) is 2. The summed E-state index contributed by atoms with van der Waals surface area (Å²) in [5.74, 6) is 0.112. The highest BCUT2D eigenvalue weighted by Gasteiger charge is 2.36. The summed E-state index contributed by atoms with van der Waals surface area (Å²) in [6.07, 6.45) is 6.29. The van der Waals surface area contributed by atoms with Crippen molar-refractivity contribution in [2.75, 3.05) is 52.5 Å². The molecule has 3 amide bonds. The lowest BCUT2D eigenvalue weighted by atomic mass is 9.90. The lowest BCUT2D eigenvalue weighted by Gasteiger charge is -2.31. The molecular formula is C32H46N4O6. The molecule has 3 fully saturated rings. The van der Waals surface area contributed by atoms with Gasteiger partial charge in [-0.15, -0.1) is 0 Å². The summed E-state index contributed by atoms with van der Waals surface area (Å²) < 4.78 is 11.5. The van der Waals surface area contributed by atoms with Crippen molar-refractivity contribution in [2.45, 2.75) is 76.3 Å². The van der Waals surface area contributed by atoms with Gasteiger partial charge in [-0.25, -0.2) is 0 Å². The minimum Gasteiger partial charge on any atom is -0.494 e. The number of ether oxygens (including phenoxy) is 2. The zero-order valence-corrected chi connectivity index (χ0v) is 24.7. The molecule has 4 aliphatic rings. The Hall–Kier alpha value is -2.98.